The number of nitrogens with one attached hydrogen (secondary N) is 1. The number of fused-ring (bicyclic) bond motifs is 2. The Labute approximate surface area is 158 Å². The summed E-state index contributed by atoms with van der Waals surface area (Å²) in [4.78, 5) is 16.5. The molecule has 0 radical (unpaired) electrons. The molecule has 5 nitrogen and oxygen atoms in total. The van der Waals surface area contributed by atoms with Crippen LogP contribution in [0.25, 0.3) is 0 Å². The number of halogens is 1. The van der Waals surface area contributed by atoms with E-state index < -0.39 is 0 Å². The number of carbonyl (C=O) groups excluding carboxylic acids is 1. The Hall–Kier alpha value is -0.660. The van der Waals surface area contributed by atoms with Gasteiger partial charge < -0.3 is 20.1 Å². The number of hydrogen-bond donors (Lipinski definition) is 2. The highest BCUT2D eigenvalue weighted by Gasteiger charge is 2.61. The number of likely N-dealkylation sites (tertiary alicyclic amines) is 1. The molecule has 3 aliphatic heterocycles. The van der Waals surface area contributed by atoms with Crippen LogP contribution >= 0.6 is 23.7 Å². The number of ether oxygens (including phenoxy) is 1. The third kappa shape index (κ3) is 2.57. The van der Waals surface area contributed by atoms with Gasteiger partial charge in [-0.1, -0.05) is 0 Å². The van der Waals surface area contributed by atoms with Crippen molar-refractivity contribution in [3.8, 4) is 0 Å². The minimum absolute atomic E-state index is 0. The normalized spacial score (nSPS) is 35.9. The third-order valence-electron chi connectivity index (χ3n) is 6.49. The van der Waals surface area contributed by atoms with E-state index in [4.69, 9.17) is 4.74 Å². The number of hydrogen-bond acceptors (Lipinski definition) is 5. The van der Waals surface area contributed by atoms with Crippen LogP contribution in [0.4, 0.5) is 0 Å². The fourth-order valence-electron chi connectivity index (χ4n) is 5.30. The summed E-state index contributed by atoms with van der Waals surface area (Å²) >= 11 is 1.75. The second-order valence-corrected chi connectivity index (χ2v) is 8.71. The second kappa shape index (κ2) is 6.50. The zero-order chi connectivity index (χ0) is 16.3. The molecule has 138 valence electrons. The molecule has 3 saturated heterocycles. The van der Waals surface area contributed by atoms with Crippen molar-refractivity contribution in [3.05, 3.63) is 21.4 Å². The number of amides is 1. The minimum Gasteiger partial charge on any atom is -0.396 e. The van der Waals surface area contributed by atoms with Crippen molar-refractivity contribution >= 4 is 29.7 Å². The summed E-state index contributed by atoms with van der Waals surface area (Å²) in [5.74, 6) is 0.565. The van der Waals surface area contributed by atoms with Crippen LogP contribution in [0.2, 0.25) is 0 Å². The maximum Gasteiger partial charge on any atom is 0.255 e. The van der Waals surface area contributed by atoms with Crippen LogP contribution in [0.3, 0.4) is 0 Å². The smallest absolute Gasteiger partial charge is 0.255 e. The van der Waals surface area contributed by atoms with Crippen LogP contribution in [-0.4, -0.2) is 60.4 Å². The van der Waals surface area contributed by atoms with E-state index in [9.17, 15) is 9.90 Å². The molecule has 4 atom stereocenters. The van der Waals surface area contributed by atoms with Crippen LogP contribution in [0, 0.1) is 11.8 Å². The molecule has 1 aromatic heterocycles. The summed E-state index contributed by atoms with van der Waals surface area (Å²) in [6, 6.07) is 0. The Morgan fingerprint density at radius 2 is 2.28 bits per heavy atom. The Kier molecular flexibility index (Phi) is 4.61. The zero-order valence-electron chi connectivity index (χ0n) is 14.2. The number of rotatable bonds is 2. The van der Waals surface area contributed by atoms with Gasteiger partial charge in [0.15, 0.2) is 0 Å². The molecule has 7 heteroatoms. The topological polar surface area (TPSA) is 61.8 Å². The molecule has 3 fully saturated rings. The van der Waals surface area contributed by atoms with E-state index in [2.05, 4.69) is 10.7 Å². The van der Waals surface area contributed by atoms with E-state index in [0.717, 1.165) is 31.5 Å². The second-order valence-electron chi connectivity index (χ2n) is 7.75. The lowest BCUT2D eigenvalue weighted by Gasteiger charge is -2.34. The first kappa shape index (κ1) is 17.7. The predicted octanol–water partition coefficient (Wildman–Crippen LogP) is 1.47. The molecule has 1 aliphatic carbocycles. The Bertz CT molecular complexity index is 681. The fraction of sp³-hybridized carbons (Fsp3) is 0.722. The molecule has 2 bridgehead atoms. The van der Waals surface area contributed by atoms with Crippen molar-refractivity contribution in [2.24, 2.45) is 11.8 Å². The summed E-state index contributed by atoms with van der Waals surface area (Å²) in [6.07, 6.45) is 4.70. The van der Waals surface area contributed by atoms with Crippen LogP contribution in [0.15, 0.2) is 5.38 Å². The summed E-state index contributed by atoms with van der Waals surface area (Å²) < 4.78 is 6.31. The predicted molar refractivity (Wildman–Crippen MR) is 98.7 cm³/mol. The van der Waals surface area contributed by atoms with Gasteiger partial charge in [-0.05, 0) is 31.2 Å². The molecule has 5 rings (SSSR count). The molecule has 25 heavy (non-hydrogen) atoms. The first-order valence-corrected chi connectivity index (χ1v) is 9.98. The highest BCUT2D eigenvalue weighted by Crippen LogP contribution is 2.47. The zero-order valence-corrected chi connectivity index (χ0v) is 15.8. The molecule has 0 unspecified atom stereocenters. The summed E-state index contributed by atoms with van der Waals surface area (Å²) in [6.45, 7) is 3.12. The van der Waals surface area contributed by atoms with Gasteiger partial charge in [0.25, 0.3) is 5.91 Å². The van der Waals surface area contributed by atoms with Crippen molar-refractivity contribution in [3.63, 3.8) is 0 Å². The molecule has 4 aliphatic rings. The summed E-state index contributed by atoms with van der Waals surface area (Å²) in [5.41, 5.74) is 1.93. The number of nitrogens with zero attached hydrogens (tertiary/aromatic N) is 1. The maximum atomic E-state index is 13.2. The minimum atomic E-state index is -0.290. The third-order valence-corrected chi connectivity index (χ3v) is 7.58. The Morgan fingerprint density at radius 3 is 3.12 bits per heavy atom. The standard InChI is InChI=1S/C18H24N2O3S.ClH/c21-7-12-14-6-20(10-18(14)9-19-5-15(12)23-18)17(22)13-8-24-16-4-2-1-3-11(13)16;/h8,12,14-15,19,21H,1-7,9-10H2;1H/t12-,14+,15+,18+;/m0./s1. The van der Waals surface area contributed by atoms with Crippen molar-refractivity contribution < 1.29 is 14.6 Å². The van der Waals surface area contributed by atoms with Crippen LogP contribution in [0.5, 0.6) is 0 Å². The van der Waals surface area contributed by atoms with E-state index in [-0.39, 0.29) is 48.5 Å². The van der Waals surface area contributed by atoms with Gasteiger partial charge in [0.1, 0.15) is 5.60 Å². The van der Waals surface area contributed by atoms with Gasteiger partial charge >= 0.3 is 0 Å². The largest absolute Gasteiger partial charge is 0.396 e. The van der Waals surface area contributed by atoms with Crippen molar-refractivity contribution in [1.82, 2.24) is 10.2 Å². The van der Waals surface area contributed by atoms with E-state index >= 15 is 0 Å². The molecule has 1 aromatic rings. The Balaban J connectivity index is 0.00000157. The molecular formula is C18H25ClN2O3S. The van der Waals surface area contributed by atoms with Crippen molar-refractivity contribution in [2.75, 3.05) is 32.8 Å². The van der Waals surface area contributed by atoms with Gasteiger partial charge in [-0.15, -0.1) is 23.7 Å². The first-order valence-electron chi connectivity index (χ1n) is 9.10. The van der Waals surface area contributed by atoms with Crippen molar-refractivity contribution in [1.29, 1.82) is 0 Å². The average molecular weight is 385 g/mol. The van der Waals surface area contributed by atoms with Gasteiger partial charge in [-0.25, -0.2) is 0 Å². The molecular weight excluding hydrogens is 360 g/mol. The first-order chi connectivity index (χ1) is 11.7. The van der Waals surface area contributed by atoms with Gasteiger partial charge in [-0.2, -0.15) is 0 Å². The molecule has 0 saturated carbocycles. The number of aliphatic hydroxyl groups is 1. The number of morpholine rings is 1. The lowest BCUT2D eigenvalue weighted by atomic mass is 9.83. The quantitative estimate of drug-likeness (QED) is 0.810. The maximum absolute atomic E-state index is 13.2. The highest BCUT2D eigenvalue weighted by molar-refractivity contribution is 7.10. The fourth-order valence-corrected chi connectivity index (χ4v) is 6.42. The number of aryl methyl sites for hydroxylation is 1. The number of carbonyl (C=O) groups is 1. The summed E-state index contributed by atoms with van der Waals surface area (Å²) in [7, 11) is 0. The van der Waals surface area contributed by atoms with E-state index in [1.165, 1.54) is 23.3 Å². The molecule has 4 heterocycles. The number of thiophene rings is 1. The summed E-state index contributed by atoms with van der Waals surface area (Å²) in [5, 5.41) is 15.3. The molecule has 1 spiro atoms. The van der Waals surface area contributed by atoms with Crippen LogP contribution in [0.1, 0.15) is 33.6 Å². The van der Waals surface area contributed by atoms with Crippen molar-refractivity contribution in [2.45, 2.75) is 37.4 Å². The van der Waals surface area contributed by atoms with Gasteiger partial charge in [0.2, 0.25) is 0 Å². The van der Waals surface area contributed by atoms with E-state index in [1.54, 1.807) is 11.3 Å². The Morgan fingerprint density at radius 1 is 1.44 bits per heavy atom. The van der Waals surface area contributed by atoms with E-state index in [0.29, 0.717) is 13.1 Å². The molecule has 1 amide bonds. The SMILES string of the molecule is Cl.O=C(c1csc2c1CCCC2)N1C[C@@H]2[C@H](CO)[C@H]3CNC[C@]2(C1)O3. The average Bonchev–Trinajstić information content (AvgIpc) is 3.23. The van der Waals surface area contributed by atoms with Gasteiger partial charge in [-0.3, -0.25) is 4.79 Å². The lowest BCUT2D eigenvalue weighted by molar-refractivity contribution is -0.0726. The molecule has 2 N–H and O–H groups in total. The number of aliphatic hydroxyl groups excluding tert-OH is 1. The van der Waals surface area contributed by atoms with Gasteiger partial charge in [0, 0.05) is 48.3 Å². The molecule has 0 aromatic carbocycles. The van der Waals surface area contributed by atoms with Crippen LogP contribution < -0.4 is 5.32 Å². The lowest BCUT2D eigenvalue weighted by Crippen LogP contribution is -2.52. The monoisotopic (exact) mass is 384 g/mol. The van der Waals surface area contributed by atoms with E-state index in [1.807, 2.05) is 4.90 Å². The van der Waals surface area contributed by atoms with Gasteiger partial charge in [0.05, 0.1) is 18.2 Å². The van der Waals surface area contributed by atoms with Crippen LogP contribution in [-0.2, 0) is 17.6 Å². The highest BCUT2D eigenvalue weighted by atomic mass is 35.5.